The summed E-state index contributed by atoms with van der Waals surface area (Å²) in [6, 6.07) is 11.2. The van der Waals surface area contributed by atoms with Gasteiger partial charge >= 0.3 is 0 Å². The Morgan fingerprint density at radius 3 is 2.91 bits per heavy atom. The highest BCUT2D eigenvalue weighted by atomic mass is 19.1. The molecule has 0 atom stereocenters. The lowest BCUT2D eigenvalue weighted by molar-refractivity contribution is -0.116. The molecule has 0 fully saturated rings. The first-order chi connectivity index (χ1) is 10.6. The van der Waals surface area contributed by atoms with E-state index in [1.165, 1.54) is 12.1 Å². The number of halogens is 1. The molecule has 0 radical (unpaired) electrons. The van der Waals surface area contributed by atoms with Crippen LogP contribution in [0.15, 0.2) is 36.4 Å². The van der Waals surface area contributed by atoms with E-state index in [2.05, 4.69) is 15.6 Å². The molecule has 1 amide bonds. The van der Waals surface area contributed by atoms with Crippen LogP contribution in [0, 0.1) is 24.1 Å². The first kappa shape index (κ1) is 15.4. The van der Waals surface area contributed by atoms with Crippen molar-refractivity contribution in [1.82, 2.24) is 4.98 Å². The average Bonchev–Trinajstić information content (AvgIpc) is 2.48. The van der Waals surface area contributed by atoms with Gasteiger partial charge < -0.3 is 10.6 Å². The number of aryl methyl sites for hydroxylation is 1. The van der Waals surface area contributed by atoms with E-state index in [0.29, 0.717) is 18.1 Å². The summed E-state index contributed by atoms with van der Waals surface area (Å²) in [6.07, 6.45) is 0.206. The molecule has 112 valence electrons. The zero-order valence-electron chi connectivity index (χ0n) is 12.1. The number of rotatable bonds is 5. The second-order valence-corrected chi connectivity index (χ2v) is 4.69. The maximum absolute atomic E-state index is 13.0. The van der Waals surface area contributed by atoms with E-state index in [4.69, 9.17) is 5.26 Å². The molecule has 0 aliphatic carbocycles. The molecule has 6 heteroatoms. The standard InChI is InChI=1S/C16H15FN4O/c1-11-3-2-4-15(20-11)21-16(22)7-8-19-14-6-5-13(17)9-12(14)10-18/h2-6,9,19H,7-8H2,1H3,(H,20,21,22). The van der Waals surface area contributed by atoms with Crippen LogP contribution in [0.4, 0.5) is 15.9 Å². The number of pyridine rings is 1. The van der Waals surface area contributed by atoms with Crippen molar-refractivity contribution >= 4 is 17.4 Å². The number of hydrogen-bond acceptors (Lipinski definition) is 4. The largest absolute Gasteiger partial charge is 0.383 e. The van der Waals surface area contributed by atoms with Gasteiger partial charge in [-0.15, -0.1) is 0 Å². The zero-order chi connectivity index (χ0) is 15.9. The van der Waals surface area contributed by atoms with Gasteiger partial charge in [-0.25, -0.2) is 9.37 Å². The van der Waals surface area contributed by atoms with Gasteiger partial charge in [0.05, 0.1) is 11.3 Å². The third-order valence-corrected chi connectivity index (χ3v) is 2.93. The Morgan fingerprint density at radius 2 is 2.18 bits per heavy atom. The molecular weight excluding hydrogens is 283 g/mol. The molecule has 1 heterocycles. The van der Waals surface area contributed by atoms with Gasteiger partial charge in [0.15, 0.2) is 0 Å². The van der Waals surface area contributed by atoms with Gasteiger partial charge in [-0.1, -0.05) is 6.07 Å². The van der Waals surface area contributed by atoms with Gasteiger partial charge in [-0.3, -0.25) is 4.79 Å². The summed E-state index contributed by atoms with van der Waals surface area (Å²) in [5.41, 5.74) is 1.53. The molecule has 1 aromatic carbocycles. The molecule has 0 aliphatic rings. The average molecular weight is 298 g/mol. The normalized spacial score (nSPS) is 9.86. The number of amides is 1. The van der Waals surface area contributed by atoms with Crippen LogP contribution in [-0.2, 0) is 4.79 Å². The molecule has 2 aromatic rings. The summed E-state index contributed by atoms with van der Waals surface area (Å²) >= 11 is 0. The fraction of sp³-hybridized carbons (Fsp3) is 0.188. The molecular formula is C16H15FN4O. The molecule has 2 rings (SSSR count). The van der Waals surface area contributed by atoms with Crippen LogP contribution in [-0.4, -0.2) is 17.4 Å². The van der Waals surface area contributed by atoms with E-state index in [1.54, 1.807) is 6.07 Å². The Bertz CT molecular complexity index is 724. The van der Waals surface area contributed by atoms with Crippen LogP contribution < -0.4 is 10.6 Å². The summed E-state index contributed by atoms with van der Waals surface area (Å²) in [5.74, 6) is -0.152. The number of anilines is 2. The minimum absolute atomic E-state index is 0.189. The van der Waals surface area contributed by atoms with Crippen molar-refractivity contribution < 1.29 is 9.18 Å². The molecule has 0 saturated carbocycles. The second kappa shape index (κ2) is 7.18. The monoisotopic (exact) mass is 298 g/mol. The highest BCUT2D eigenvalue weighted by Crippen LogP contribution is 2.15. The van der Waals surface area contributed by atoms with Crippen molar-refractivity contribution in [2.45, 2.75) is 13.3 Å². The number of hydrogen-bond donors (Lipinski definition) is 2. The zero-order valence-corrected chi connectivity index (χ0v) is 12.1. The van der Waals surface area contributed by atoms with Crippen molar-refractivity contribution in [3.63, 3.8) is 0 Å². The second-order valence-electron chi connectivity index (χ2n) is 4.69. The summed E-state index contributed by atoms with van der Waals surface area (Å²) in [6.45, 7) is 2.17. The molecule has 5 nitrogen and oxygen atoms in total. The molecule has 22 heavy (non-hydrogen) atoms. The van der Waals surface area contributed by atoms with Crippen molar-refractivity contribution in [3.05, 3.63) is 53.5 Å². The highest BCUT2D eigenvalue weighted by molar-refractivity contribution is 5.90. The van der Waals surface area contributed by atoms with Crippen LogP contribution in [0.1, 0.15) is 17.7 Å². The van der Waals surface area contributed by atoms with Crippen molar-refractivity contribution in [1.29, 1.82) is 5.26 Å². The fourth-order valence-electron chi connectivity index (χ4n) is 1.89. The molecule has 0 spiro atoms. The molecule has 0 aliphatic heterocycles. The smallest absolute Gasteiger partial charge is 0.227 e. The van der Waals surface area contributed by atoms with Crippen molar-refractivity contribution in [3.8, 4) is 6.07 Å². The topological polar surface area (TPSA) is 77.8 Å². The third-order valence-electron chi connectivity index (χ3n) is 2.93. The van der Waals surface area contributed by atoms with Crippen LogP contribution in [0.25, 0.3) is 0 Å². The van der Waals surface area contributed by atoms with E-state index >= 15 is 0 Å². The Labute approximate surface area is 127 Å². The molecule has 1 aromatic heterocycles. The number of carbonyl (C=O) groups excluding carboxylic acids is 1. The SMILES string of the molecule is Cc1cccc(NC(=O)CCNc2ccc(F)cc2C#N)n1. The minimum Gasteiger partial charge on any atom is -0.383 e. The lowest BCUT2D eigenvalue weighted by Crippen LogP contribution is -2.17. The Hall–Kier alpha value is -2.94. The van der Waals surface area contributed by atoms with Crippen molar-refractivity contribution in [2.75, 3.05) is 17.2 Å². The van der Waals surface area contributed by atoms with Crippen LogP contribution in [0.5, 0.6) is 0 Å². The summed E-state index contributed by atoms with van der Waals surface area (Å²) in [5, 5.41) is 14.6. The minimum atomic E-state index is -0.467. The van der Waals surface area contributed by atoms with E-state index < -0.39 is 5.82 Å². The van der Waals surface area contributed by atoms with Crippen LogP contribution >= 0.6 is 0 Å². The summed E-state index contributed by atoms with van der Waals surface area (Å²) < 4.78 is 13.0. The summed E-state index contributed by atoms with van der Waals surface area (Å²) in [4.78, 5) is 16.0. The van der Waals surface area contributed by atoms with Gasteiger partial charge in [0.2, 0.25) is 5.91 Å². The first-order valence-electron chi connectivity index (χ1n) is 6.75. The molecule has 0 unspecified atom stereocenters. The lowest BCUT2D eigenvalue weighted by atomic mass is 10.2. The first-order valence-corrected chi connectivity index (χ1v) is 6.75. The van der Waals surface area contributed by atoms with Gasteiger partial charge in [0.1, 0.15) is 17.7 Å². The maximum atomic E-state index is 13.0. The Kier molecular flexibility index (Phi) is 5.04. The molecule has 0 saturated heterocycles. The van der Waals surface area contributed by atoms with Crippen LogP contribution in [0.2, 0.25) is 0 Å². The number of benzene rings is 1. The number of carbonyl (C=O) groups is 1. The Morgan fingerprint density at radius 1 is 1.36 bits per heavy atom. The lowest BCUT2D eigenvalue weighted by Gasteiger charge is -2.08. The summed E-state index contributed by atoms with van der Waals surface area (Å²) in [7, 11) is 0. The van der Waals surface area contributed by atoms with Gasteiger partial charge in [0.25, 0.3) is 0 Å². The van der Waals surface area contributed by atoms with E-state index in [9.17, 15) is 9.18 Å². The van der Waals surface area contributed by atoms with E-state index in [-0.39, 0.29) is 17.9 Å². The van der Waals surface area contributed by atoms with Gasteiger partial charge in [0, 0.05) is 18.7 Å². The fourth-order valence-corrected chi connectivity index (χ4v) is 1.89. The predicted octanol–water partition coefficient (Wildman–Crippen LogP) is 2.84. The maximum Gasteiger partial charge on any atom is 0.227 e. The van der Waals surface area contributed by atoms with Crippen LogP contribution in [0.3, 0.4) is 0 Å². The quantitative estimate of drug-likeness (QED) is 0.889. The third kappa shape index (κ3) is 4.28. The van der Waals surface area contributed by atoms with E-state index in [0.717, 1.165) is 11.8 Å². The van der Waals surface area contributed by atoms with E-state index in [1.807, 2.05) is 25.1 Å². The highest BCUT2D eigenvalue weighted by Gasteiger charge is 2.06. The van der Waals surface area contributed by atoms with Crippen molar-refractivity contribution in [2.24, 2.45) is 0 Å². The Balaban J connectivity index is 1.86. The molecule has 2 N–H and O–H groups in total. The predicted molar refractivity (Wildman–Crippen MR) is 81.8 cm³/mol. The van der Waals surface area contributed by atoms with Gasteiger partial charge in [-0.2, -0.15) is 5.26 Å². The number of aromatic nitrogens is 1. The number of nitriles is 1. The number of nitrogens with one attached hydrogen (secondary N) is 2. The van der Waals surface area contributed by atoms with Gasteiger partial charge in [-0.05, 0) is 37.3 Å². The number of nitrogens with zero attached hydrogens (tertiary/aromatic N) is 2. The molecule has 0 bridgehead atoms.